The Hall–Kier alpha value is -1.21. The highest BCUT2D eigenvalue weighted by Crippen LogP contribution is 2.13. The Bertz CT molecular complexity index is 535. The van der Waals surface area contributed by atoms with Gasteiger partial charge < -0.3 is 10.3 Å². The largest absolute Gasteiger partial charge is 0.388 e. The number of nitrogens with two attached hydrogens (primary N) is 1. The molecule has 0 fully saturated rings. The first kappa shape index (κ1) is 10.3. The summed E-state index contributed by atoms with van der Waals surface area (Å²) in [4.78, 5) is 11.6. The van der Waals surface area contributed by atoms with Gasteiger partial charge in [0.15, 0.2) is 0 Å². The van der Waals surface area contributed by atoms with E-state index < -0.39 is 0 Å². The Kier molecular flexibility index (Phi) is 2.83. The van der Waals surface area contributed by atoms with Crippen molar-refractivity contribution < 1.29 is 0 Å². The molecule has 2 aromatic heterocycles. The number of hydrogen-bond donors (Lipinski definition) is 1. The lowest BCUT2D eigenvalue weighted by molar-refractivity contribution is 0.733. The summed E-state index contributed by atoms with van der Waals surface area (Å²) in [5, 5.41) is 4.39. The van der Waals surface area contributed by atoms with Crippen LogP contribution in [0.3, 0.4) is 0 Å². The standard InChI is InChI=1S/C8H7BrN4OS/c9-5-2-1-3-13(8(5)14)4-6-7(10)15-12-11-6/h1-3H,4,10H2. The quantitative estimate of drug-likeness (QED) is 0.897. The van der Waals surface area contributed by atoms with Crippen LogP contribution >= 0.6 is 27.5 Å². The smallest absolute Gasteiger partial charge is 0.265 e. The van der Waals surface area contributed by atoms with E-state index in [1.807, 2.05) is 0 Å². The van der Waals surface area contributed by atoms with Crippen molar-refractivity contribution in [2.75, 3.05) is 5.73 Å². The maximum Gasteiger partial charge on any atom is 0.265 e. The lowest BCUT2D eigenvalue weighted by atomic mass is 10.4. The van der Waals surface area contributed by atoms with E-state index >= 15 is 0 Å². The summed E-state index contributed by atoms with van der Waals surface area (Å²) >= 11 is 4.29. The van der Waals surface area contributed by atoms with Gasteiger partial charge in [-0.3, -0.25) is 4.79 Å². The van der Waals surface area contributed by atoms with Crippen molar-refractivity contribution in [3.63, 3.8) is 0 Å². The summed E-state index contributed by atoms with van der Waals surface area (Å²) in [7, 11) is 0. The molecule has 15 heavy (non-hydrogen) atoms. The van der Waals surface area contributed by atoms with Crippen molar-refractivity contribution in [3.8, 4) is 0 Å². The SMILES string of the molecule is Nc1snnc1Cn1cccc(Br)c1=O. The van der Waals surface area contributed by atoms with Crippen LogP contribution in [0.2, 0.25) is 0 Å². The maximum atomic E-state index is 11.6. The Labute approximate surface area is 97.8 Å². The van der Waals surface area contributed by atoms with E-state index in [-0.39, 0.29) is 5.56 Å². The van der Waals surface area contributed by atoms with E-state index in [4.69, 9.17) is 5.73 Å². The molecule has 7 heteroatoms. The molecule has 0 saturated heterocycles. The van der Waals surface area contributed by atoms with Crippen LogP contribution < -0.4 is 11.3 Å². The van der Waals surface area contributed by atoms with Gasteiger partial charge in [-0.2, -0.15) is 0 Å². The highest BCUT2D eigenvalue weighted by atomic mass is 79.9. The maximum absolute atomic E-state index is 11.6. The molecule has 0 unspecified atom stereocenters. The van der Waals surface area contributed by atoms with Crippen LogP contribution in [0.15, 0.2) is 27.6 Å². The molecular formula is C8H7BrN4OS. The Morgan fingerprint density at radius 2 is 2.40 bits per heavy atom. The third-order valence-electron chi connectivity index (χ3n) is 1.88. The molecule has 0 spiro atoms. The van der Waals surface area contributed by atoms with Crippen molar-refractivity contribution in [2.24, 2.45) is 0 Å². The molecule has 2 rings (SSSR count). The summed E-state index contributed by atoms with van der Waals surface area (Å²) < 4.78 is 5.75. The molecule has 0 atom stereocenters. The number of nitrogens with zero attached hydrogens (tertiary/aromatic N) is 3. The molecular weight excluding hydrogens is 280 g/mol. The lowest BCUT2D eigenvalue weighted by Crippen LogP contribution is -2.20. The van der Waals surface area contributed by atoms with Gasteiger partial charge in [0.2, 0.25) is 0 Å². The Morgan fingerprint density at radius 1 is 1.60 bits per heavy atom. The van der Waals surface area contributed by atoms with Crippen LogP contribution in [0, 0.1) is 0 Å². The third-order valence-corrected chi connectivity index (χ3v) is 3.08. The van der Waals surface area contributed by atoms with Gasteiger partial charge in [-0.25, -0.2) is 0 Å². The van der Waals surface area contributed by atoms with E-state index in [0.717, 1.165) is 11.5 Å². The summed E-state index contributed by atoms with van der Waals surface area (Å²) in [5.41, 5.74) is 6.16. The minimum Gasteiger partial charge on any atom is -0.388 e. The number of rotatable bonds is 2. The number of nitrogen functional groups attached to an aromatic ring is 1. The molecule has 0 aliphatic rings. The number of hydrogen-bond acceptors (Lipinski definition) is 5. The first-order valence-corrected chi connectivity index (χ1v) is 5.67. The van der Waals surface area contributed by atoms with Crippen LogP contribution in [0.25, 0.3) is 0 Å². The average Bonchev–Trinajstić information content (AvgIpc) is 2.60. The highest BCUT2D eigenvalue weighted by Gasteiger charge is 2.06. The van der Waals surface area contributed by atoms with Gasteiger partial charge in [0.25, 0.3) is 5.56 Å². The van der Waals surface area contributed by atoms with Gasteiger partial charge in [0.1, 0.15) is 10.7 Å². The summed E-state index contributed by atoms with van der Waals surface area (Å²) in [6, 6.07) is 3.48. The van der Waals surface area contributed by atoms with Crippen molar-refractivity contribution >= 4 is 32.5 Å². The predicted octanol–water partition coefficient (Wildman–Crippen LogP) is 1.09. The monoisotopic (exact) mass is 286 g/mol. The molecule has 0 amide bonds. The molecule has 78 valence electrons. The van der Waals surface area contributed by atoms with Gasteiger partial charge in [0, 0.05) is 17.7 Å². The fourth-order valence-electron chi connectivity index (χ4n) is 1.12. The molecule has 0 aliphatic carbocycles. The van der Waals surface area contributed by atoms with Crippen molar-refractivity contribution in [1.82, 2.24) is 14.2 Å². The molecule has 2 aromatic rings. The highest BCUT2D eigenvalue weighted by molar-refractivity contribution is 9.10. The second kappa shape index (κ2) is 4.11. The van der Waals surface area contributed by atoms with Crippen molar-refractivity contribution in [3.05, 3.63) is 38.9 Å². The summed E-state index contributed by atoms with van der Waals surface area (Å²) in [6.45, 7) is 0.348. The van der Waals surface area contributed by atoms with E-state index in [1.165, 1.54) is 4.57 Å². The summed E-state index contributed by atoms with van der Waals surface area (Å²) in [5.74, 6) is 0. The normalized spacial score (nSPS) is 10.5. The second-order valence-corrected chi connectivity index (χ2v) is 4.51. The third kappa shape index (κ3) is 2.07. The van der Waals surface area contributed by atoms with Crippen LogP contribution in [-0.2, 0) is 6.54 Å². The van der Waals surface area contributed by atoms with Gasteiger partial charge in [-0.1, -0.05) is 4.49 Å². The zero-order chi connectivity index (χ0) is 10.8. The molecule has 0 aromatic carbocycles. The summed E-state index contributed by atoms with van der Waals surface area (Å²) in [6.07, 6.45) is 1.69. The Balaban J connectivity index is 2.37. The van der Waals surface area contributed by atoms with Gasteiger partial charge >= 0.3 is 0 Å². The molecule has 5 nitrogen and oxygen atoms in total. The molecule has 0 saturated carbocycles. The van der Waals surface area contributed by atoms with Crippen LogP contribution in [-0.4, -0.2) is 14.2 Å². The first-order chi connectivity index (χ1) is 7.18. The molecule has 0 bridgehead atoms. The minimum atomic E-state index is -0.107. The van der Waals surface area contributed by atoms with Crippen molar-refractivity contribution in [1.29, 1.82) is 0 Å². The molecule has 0 radical (unpaired) electrons. The van der Waals surface area contributed by atoms with E-state index in [9.17, 15) is 4.79 Å². The average molecular weight is 287 g/mol. The zero-order valence-corrected chi connectivity index (χ0v) is 9.96. The fraction of sp³-hybridized carbons (Fsp3) is 0.125. The van der Waals surface area contributed by atoms with Crippen molar-refractivity contribution in [2.45, 2.75) is 6.54 Å². The van der Waals surface area contributed by atoms with E-state index in [1.54, 1.807) is 18.3 Å². The number of anilines is 1. The topological polar surface area (TPSA) is 73.8 Å². The molecule has 2 heterocycles. The second-order valence-electron chi connectivity index (χ2n) is 2.87. The predicted molar refractivity (Wildman–Crippen MR) is 61.8 cm³/mol. The van der Waals surface area contributed by atoms with Crippen LogP contribution in [0.1, 0.15) is 5.69 Å². The van der Waals surface area contributed by atoms with E-state index in [2.05, 4.69) is 25.5 Å². The van der Waals surface area contributed by atoms with Crippen LogP contribution in [0.5, 0.6) is 0 Å². The van der Waals surface area contributed by atoms with Gasteiger partial charge in [-0.05, 0) is 28.1 Å². The van der Waals surface area contributed by atoms with E-state index in [0.29, 0.717) is 21.7 Å². The minimum absolute atomic E-state index is 0.107. The van der Waals surface area contributed by atoms with Gasteiger partial charge in [-0.15, -0.1) is 5.10 Å². The van der Waals surface area contributed by atoms with Gasteiger partial charge in [0.05, 0.1) is 11.0 Å². The molecule has 2 N–H and O–H groups in total. The number of halogens is 1. The van der Waals surface area contributed by atoms with Crippen LogP contribution in [0.4, 0.5) is 5.00 Å². The number of pyridine rings is 1. The first-order valence-electron chi connectivity index (χ1n) is 4.10. The molecule has 0 aliphatic heterocycles. The zero-order valence-electron chi connectivity index (χ0n) is 7.55. The fourth-order valence-corrected chi connectivity index (χ4v) is 1.94. The lowest BCUT2D eigenvalue weighted by Gasteiger charge is -2.03. The Morgan fingerprint density at radius 3 is 3.07 bits per heavy atom. The number of aromatic nitrogens is 3.